The first-order valence-electron chi connectivity index (χ1n) is 6.96. The molecule has 1 aromatic heterocycles. The van der Waals surface area contributed by atoms with Crippen LogP contribution >= 0.6 is 11.3 Å². The third-order valence-corrected chi connectivity index (χ3v) is 4.31. The highest BCUT2D eigenvalue weighted by Crippen LogP contribution is 2.33. The molecule has 2 N–H and O–H groups in total. The topological polar surface area (TPSA) is 48.1 Å². The Labute approximate surface area is 128 Å². The number of aryl methyl sites for hydroxylation is 1. The summed E-state index contributed by atoms with van der Waals surface area (Å²) in [4.78, 5) is 5.38. The van der Waals surface area contributed by atoms with Crippen molar-refractivity contribution in [1.29, 1.82) is 0 Å². The van der Waals surface area contributed by atoms with Crippen LogP contribution in [0.2, 0.25) is 0 Å². The number of nitrogens with zero attached hydrogens (tertiary/aromatic N) is 1. The minimum Gasteiger partial charge on any atom is -0.487 e. The van der Waals surface area contributed by atoms with Gasteiger partial charge in [-0.15, -0.1) is 11.3 Å². The zero-order chi connectivity index (χ0) is 14.8. The molecule has 0 aliphatic rings. The summed E-state index contributed by atoms with van der Waals surface area (Å²) in [5.74, 6) is 0.883. The van der Waals surface area contributed by atoms with Crippen LogP contribution in [0, 0.1) is 6.92 Å². The molecule has 0 radical (unpaired) electrons. The van der Waals surface area contributed by atoms with Crippen molar-refractivity contribution in [2.24, 2.45) is 5.73 Å². The second-order valence-corrected chi connectivity index (χ2v) is 6.45. The van der Waals surface area contributed by atoms with Crippen LogP contribution in [0.15, 0.2) is 42.6 Å². The lowest BCUT2D eigenvalue weighted by atomic mass is 10.0. The summed E-state index contributed by atoms with van der Waals surface area (Å²) in [5, 5.41) is 3.32. The maximum absolute atomic E-state index is 6.10. The summed E-state index contributed by atoms with van der Waals surface area (Å²) < 4.78 is 6.10. The summed E-state index contributed by atoms with van der Waals surface area (Å²) in [5.41, 5.74) is 7.13. The van der Waals surface area contributed by atoms with Crippen LogP contribution in [0.5, 0.6) is 5.75 Å². The number of benzene rings is 2. The predicted octanol–water partition coefficient (Wildman–Crippen LogP) is 4.20. The van der Waals surface area contributed by atoms with Gasteiger partial charge < -0.3 is 10.5 Å². The summed E-state index contributed by atoms with van der Waals surface area (Å²) in [7, 11) is 0. The Bertz CT molecular complexity index is 764. The molecular weight excluding hydrogens is 280 g/mol. The van der Waals surface area contributed by atoms with Gasteiger partial charge in [0, 0.05) is 23.2 Å². The Morgan fingerprint density at radius 3 is 2.76 bits per heavy atom. The van der Waals surface area contributed by atoms with Gasteiger partial charge in [-0.25, -0.2) is 4.98 Å². The fourth-order valence-electron chi connectivity index (χ4n) is 2.39. The Morgan fingerprint density at radius 1 is 1.24 bits per heavy atom. The van der Waals surface area contributed by atoms with E-state index in [1.54, 1.807) is 11.3 Å². The first-order valence-corrected chi connectivity index (χ1v) is 7.78. The smallest absolute Gasteiger partial charge is 0.132 e. The second-order valence-electron chi connectivity index (χ2n) is 5.13. The van der Waals surface area contributed by atoms with Gasteiger partial charge in [0.05, 0.1) is 9.88 Å². The lowest BCUT2D eigenvalue weighted by Crippen LogP contribution is -2.08. The number of thiazole rings is 1. The van der Waals surface area contributed by atoms with Crippen LogP contribution in [0.4, 0.5) is 0 Å². The fraction of sp³-hybridized carbons (Fsp3) is 0.235. The monoisotopic (exact) mass is 298 g/mol. The third-order valence-electron chi connectivity index (χ3n) is 3.43. The van der Waals surface area contributed by atoms with Gasteiger partial charge in [0.15, 0.2) is 0 Å². The van der Waals surface area contributed by atoms with E-state index in [9.17, 15) is 0 Å². The van der Waals surface area contributed by atoms with E-state index in [1.165, 1.54) is 0 Å². The zero-order valence-electron chi connectivity index (χ0n) is 12.2. The molecule has 0 spiro atoms. The number of aromatic nitrogens is 1. The third kappa shape index (κ3) is 2.91. The minimum atomic E-state index is -0.0622. The molecule has 3 aromatic rings. The van der Waals surface area contributed by atoms with Crippen molar-refractivity contribution in [3.8, 4) is 5.75 Å². The molecule has 4 heteroatoms. The average Bonchev–Trinajstić information content (AvgIpc) is 2.90. The van der Waals surface area contributed by atoms with Crippen LogP contribution in [0.25, 0.3) is 10.8 Å². The molecule has 0 aliphatic heterocycles. The van der Waals surface area contributed by atoms with Gasteiger partial charge in [-0.05, 0) is 19.2 Å². The van der Waals surface area contributed by atoms with E-state index in [-0.39, 0.29) is 6.04 Å². The normalized spacial score (nSPS) is 12.5. The number of fused-ring (bicyclic) bond motifs is 1. The lowest BCUT2D eigenvalue weighted by Gasteiger charge is -2.16. The van der Waals surface area contributed by atoms with Crippen molar-refractivity contribution in [2.75, 3.05) is 0 Å². The van der Waals surface area contributed by atoms with Crippen molar-refractivity contribution >= 4 is 22.1 Å². The van der Waals surface area contributed by atoms with Crippen LogP contribution < -0.4 is 10.5 Å². The quantitative estimate of drug-likeness (QED) is 0.785. The van der Waals surface area contributed by atoms with Crippen LogP contribution in [0.3, 0.4) is 0 Å². The SMILES string of the molecule is Cc1ncc(COc2c([C@@H](C)N)ccc3ccccc23)s1. The van der Waals surface area contributed by atoms with Crippen LogP contribution in [-0.4, -0.2) is 4.98 Å². The molecule has 108 valence electrons. The number of ether oxygens (including phenoxy) is 1. The van der Waals surface area contributed by atoms with E-state index < -0.39 is 0 Å². The molecule has 0 saturated carbocycles. The lowest BCUT2D eigenvalue weighted by molar-refractivity contribution is 0.308. The van der Waals surface area contributed by atoms with Gasteiger partial charge in [0.25, 0.3) is 0 Å². The Morgan fingerprint density at radius 2 is 2.05 bits per heavy atom. The molecule has 0 amide bonds. The van der Waals surface area contributed by atoms with E-state index in [0.29, 0.717) is 6.61 Å². The van der Waals surface area contributed by atoms with E-state index in [4.69, 9.17) is 10.5 Å². The number of hydrogen-bond acceptors (Lipinski definition) is 4. The minimum absolute atomic E-state index is 0.0622. The molecule has 1 heterocycles. The highest BCUT2D eigenvalue weighted by molar-refractivity contribution is 7.11. The first kappa shape index (κ1) is 14.0. The van der Waals surface area contributed by atoms with Crippen molar-refractivity contribution in [3.63, 3.8) is 0 Å². The number of hydrogen-bond donors (Lipinski definition) is 1. The summed E-state index contributed by atoms with van der Waals surface area (Å²) in [6, 6.07) is 12.3. The van der Waals surface area contributed by atoms with E-state index in [0.717, 1.165) is 32.0 Å². The van der Waals surface area contributed by atoms with E-state index in [1.807, 2.05) is 32.2 Å². The molecule has 2 aromatic carbocycles. The Balaban J connectivity index is 1.99. The average molecular weight is 298 g/mol. The Hall–Kier alpha value is -1.91. The maximum Gasteiger partial charge on any atom is 0.132 e. The van der Waals surface area contributed by atoms with E-state index in [2.05, 4.69) is 29.2 Å². The van der Waals surface area contributed by atoms with Crippen LogP contribution in [0.1, 0.15) is 28.4 Å². The summed E-state index contributed by atoms with van der Waals surface area (Å²) >= 11 is 1.66. The van der Waals surface area contributed by atoms with Crippen molar-refractivity contribution in [1.82, 2.24) is 4.98 Å². The largest absolute Gasteiger partial charge is 0.487 e. The molecule has 0 saturated heterocycles. The summed E-state index contributed by atoms with van der Waals surface area (Å²) in [6.45, 7) is 4.51. The standard InChI is InChI=1S/C17H18N2OS/c1-11(18)15-8-7-13-5-3-4-6-16(13)17(15)20-10-14-9-19-12(2)21-14/h3-9,11H,10,18H2,1-2H3/t11-/m1/s1. The molecule has 1 atom stereocenters. The van der Waals surface area contributed by atoms with Crippen molar-refractivity contribution < 1.29 is 4.74 Å². The highest BCUT2D eigenvalue weighted by atomic mass is 32.1. The molecule has 3 nitrogen and oxygen atoms in total. The fourth-order valence-corrected chi connectivity index (χ4v) is 3.10. The zero-order valence-corrected chi connectivity index (χ0v) is 13.0. The Kier molecular flexibility index (Phi) is 3.90. The number of nitrogens with two attached hydrogens (primary N) is 1. The summed E-state index contributed by atoms with van der Waals surface area (Å²) in [6.07, 6.45) is 1.87. The van der Waals surface area contributed by atoms with Gasteiger partial charge >= 0.3 is 0 Å². The van der Waals surface area contributed by atoms with Gasteiger partial charge in [-0.1, -0.05) is 36.4 Å². The van der Waals surface area contributed by atoms with Gasteiger partial charge in [-0.3, -0.25) is 0 Å². The van der Waals surface area contributed by atoms with Gasteiger partial charge in [-0.2, -0.15) is 0 Å². The molecular formula is C17H18N2OS. The molecule has 3 rings (SSSR count). The molecule has 0 unspecified atom stereocenters. The molecule has 21 heavy (non-hydrogen) atoms. The van der Waals surface area contributed by atoms with Crippen molar-refractivity contribution in [3.05, 3.63) is 58.0 Å². The van der Waals surface area contributed by atoms with Crippen molar-refractivity contribution in [2.45, 2.75) is 26.5 Å². The number of rotatable bonds is 4. The highest BCUT2D eigenvalue weighted by Gasteiger charge is 2.12. The predicted molar refractivity (Wildman–Crippen MR) is 87.7 cm³/mol. The van der Waals surface area contributed by atoms with Crippen LogP contribution in [-0.2, 0) is 6.61 Å². The second kappa shape index (κ2) is 5.84. The maximum atomic E-state index is 6.10. The first-order chi connectivity index (χ1) is 10.1. The molecule has 0 aliphatic carbocycles. The van der Waals surface area contributed by atoms with E-state index >= 15 is 0 Å². The van der Waals surface area contributed by atoms with Gasteiger partial charge in [0.2, 0.25) is 0 Å². The molecule has 0 bridgehead atoms. The molecule has 0 fully saturated rings. The van der Waals surface area contributed by atoms with Gasteiger partial charge in [0.1, 0.15) is 12.4 Å².